The van der Waals surface area contributed by atoms with Crippen molar-refractivity contribution in [1.82, 2.24) is 50.3 Å². The van der Waals surface area contributed by atoms with Crippen molar-refractivity contribution < 1.29 is 13.6 Å². The molecule has 2 aromatic carbocycles. The van der Waals surface area contributed by atoms with E-state index in [0.717, 1.165) is 94.4 Å². The van der Waals surface area contributed by atoms with Crippen molar-refractivity contribution in [3.63, 3.8) is 0 Å². The lowest BCUT2D eigenvalue weighted by Crippen LogP contribution is -2.13. The Morgan fingerprint density at radius 2 is 1.58 bits per heavy atom. The molecule has 16 heteroatoms. The summed E-state index contributed by atoms with van der Waals surface area (Å²) in [7, 11) is 0. The van der Waals surface area contributed by atoms with Crippen LogP contribution in [0.2, 0.25) is 0 Å². The van der Waals surface area contributed by atoms with E-state index in [9.17, 15) is 4.79 Å². The van der Waals surface area contributed by atoms with E-state index in [2.05, 4.69) is 72.0 Å². The zero-order valence-electron chi connectivity index (χ0n) is 37.6. The Bertz CT molecular complexity index is 3770. The van der Waals surface area contributed by atoms with Crippen LogP contribution in [-0.4, -0.2) is 56.2 Å². The molecule has 0 atom stereocenters. The van der Waals surface area contributed by atoms with Crippen LogP contribution in [0.1, 0.15) is 54.0 Å². The van der Waals surface area contributed by atoms with E-state index in [1.54, 1.807) is 43.6 Å². The highest BCUT2D eigenvalue weighted by Gasteiger charge is 2.27. The average Bonchev–Trinajstić information content (AvgIpc) is 4.22. The fourth-order valence-corrected chi connectivity index (χ4v) is 9.18. The summed E-state index contributed by atoms with van der Waals surface area (Å²) in [5, 5.41) is 24.4. The van der Waals surface area contributed by atoms with Crippen LogP contribution in [0, 0.1) is 12.8 Å². The summed E-state index contributed by atoms with van der Waals surface area (Å²) >= 11 is 0. The van der Waals surface area contributed by atoms with Gasteiger partial charge in [0.2, 0.25) is 5.91 Å². The molecule has 9 heterocycles. The number of hydrogen-bond donors (Lipinski definition) is 7. The highest BCUT2D eigenvalue weighted by Crippen LogP contribution is 2.44. The Morgan fingerprint density at radius 3 is 2.45 bits per heavy atom. The maximum Gasteiger partial charge on any atom is 0.224 e. The van der Waals surface area contributed by atoms with Crippen molar-refractivity contribution in [3.05, 3.63) is 168 Å². The number of benzene rings is 2. The number of imidazole rings is 2. The number of fused-ring (bicyclic) bond motifs is 4. The second kappa shape index (κ2) is 16.5. The van der Waals surface area contributed by atoms with Crippen LogP contribution >= 0.6 is 0 Å². The second-order valence-corrected chi connectivity index (χ2v) is 17.7. The fraction of sp³-hybridized carbons (Fsp3) is 0.113. The van der Waals surface area contributed by atoms with Crippen LogP contribution in [0.3, 0.4) is 0 Å². The third-order valence-corrected chi connectivity index (χ3v) is 12.5. The third-order valence-electron chi connectivity index (χ3n) is 12.5. The van der Waals surface area contributed by atoms with Gasteiger partial charge in [-0.05, 0) is 84.1 Å². The summed E-state index contributed by atoms with van der Waals surface area (Å²) in [5.74, 6) is 1.95. The molecular weight excluding hydrogens is 867 g/mol. The molecule has 338 valence electrons. The molecule has 2 aliphatic rings. The Hall–Kier alpha value is -9.31. The number of aromatic amines is 4. The lowest BCUT2D eigenvalue weighted by Gasteiger charge is -2.12. The van der Waals surface area contributed by atoms with Crippen molar-refractivity contribution in [2.45, 2.75) is 33.6 Å². The molecule has 1 aliphatic heterocycles. The van der Waals surface area contributed by atoms with Gasteiger partial charge < -0.3 is 35.2 Å². The van der Waals surface area contributed by atoms with Gasteiger partial charge >= 0.3 is 0 Å². The van der Waals surface area contributed by atoms with Gasteiger partial charge in [0.1, 0.15) is 22.9 Å². The summed E-state index contributed by atoms with van der Waals surface area (Å²) in [4.78, 5) is 39.3. The van der Waals surface area contributed by atoms with E-state index < -0.39 is 0 Å². The number of furan rings is 2. The molecule has 0 spiro atoms. The van der Waals surface area contributed by atoms with Gasteiger partial charge in [-0.2, -0.15) is 10.2 Å². The fourth-order valence-electron chi connectivity index (χ4n) is 9.18. The van der Waals surface area contributed by atoms with E-state index >= 15 is 0 Å². The lowest BCUT2D eigenvalue weighted by molar-refractivity contribution is -0.116. The summed E-state index contributed by atoms with van der Waals surface area (Å²) in [6, 6.07) is 16.2. The van der Waals surface area contributed by atoms with Crippen LogP contribution < -0.4 is 16.4 Å². The molecule has 1 amide bonds. The summed E-state index contributed by atoms with van der Waals surface area (Å²) in [6.07, 6.45) is 24.5. The molecule has 16 nitrogen and oxygen atoms in total. The molecule has 8 aromatic heterocycles. The number of nitrogens with one attached hydrogen (secondary N) is 6. The number of nitrogens with zero attached hydrogens (tertiary/aromatic N) is 6. The van der Waals surface area contributed by atoms with Gasteiger partial charge in [-0.1, -0.05) is 32.1 Å². The minimum atomic E-state index is -0.0803. The van der Waals surface area contributed by atoms with Crippen molar-refractivity contribution in [2.24, 2.45) is 11.7 Å². The lowest BCUT2D eigenvalue weighted by atomic mass is 9.92. The van der Waals surface area contributed by atoms with Crippen LogP contribution in [0.25, 0.3) is 89.4 Å². The van der Waals surface area contributed by atoms with Gasteiger partial charge in [0.05, 0.1) is 53.7 Å². The number of aryl methyl sites for hydroxylation is 1. The first kappa shape index (κ1) is 41.1. The average molecular weight is 910 g/mol. The molecule has 0 fully saturated rings. The summed E-state index contributed by atoms with van der Waals surface area (Å²) in [6.45, 7) is 6.10. The Kier molecular flexibility index (Phi) is 9.86. The second-order valence-electron chi connectivity index (χ2n) is 17.7. The molecular formula is C53H43N13O3. The van der Waals surface area contributed by atoms with Gasteiger partial charge in [-0.25, -0.2) is 9.97 Å². The van der Waals surface area contributed by atoms with E-state index in [-0.39, 0.29) is 11.8 Å². The first-order valence-electron chi connectivity index (χ1n) is 22.5. The number of anilines is 2. The predicted molar refractivity (Wildman–Crippen MR) is 266 cm³/mol. The Morgan fingerprint density at radius 1 is 0.739 bits per heavy atom. The van der Waals surface area contributed by atoms with E-state index in [1.165, 1.54) is 0 Å². The SMILES string of the molecule is Cc1ccncc1-c1ccc2[nH]nc(-c3nc4c([nH]3)NC=CC=C4c3cocc3-c3cc(-c4cncc(NC(=O)CC(C)C)c4)cc4c(-c5nc6c([nH]5)CC(N)=CC=C6c5ccoc5)n[nH]c34)c2c1. The monoisotopic (exact) mass is 909 g/mol. The van der Waals surface area contributed by atoms with Crippen LogP contribution in [0.4, 0.5) is 11.5 Å². The molecule has 69 heavy (non-hydrogen) atoms. The molecule has 0 unspecified atom stereocenters. The minimum Gasteiger partial charge on any atom is -0.472 e. The third kappa shape index (κ3) is 7.40. The van der Waals surface area contributed by atoms with Gasteiger partial charge in [0.15, 0.2) is 11.6 Å². The quantitative estimate of drug-likeness (QED) is 0.0682. The van der Waals surface area contributed by atoms with E-state index in [4.69, 9.17) is 34.7 Å². The largest absolute Gasteiger partial charge is 0.472 e. The van der Waals surface area contributed by atoms with Gasteiger partial charge in [-0.15, -0.1) is 0 Å². The summed E-state index contributed by atoms with van der Waals surface area (Å²) in [5.41, 5.74) is 22.7. The number of amides is 1. The van der Waals surface area contributed by atoms with Gasteiger partial charge in [-0.3, -0.25) is 25.0 Å². The standard InChI is InChI=1S/C53H43N13O3/c1-27(2)15-45(67)58-34-16-32(21-56-22-34)31-18-37(46-39(19-31)50(66-64-46)52-59-44-20-33(54)7-8-35(47(44)60-52)30-11-14-68-24-30)42-26-69-25-41(42)36-5-4-12-57-51-48(36)61-53(62-51)49-38-17-29(6-9-43(38)63-65-49)40-23-55-13-10-28(40)3/h4-14,16-19,21-27,57H,15,20,54H2,1-3H3,(H,58,67)(H,59,60)(H,61,62)(H,63,65)(H,64,66). The first-order valence-corrected chi connectivity index (χ1v) is 22.5. The number of nitrogens with two attached hydrogens (primary N) is 1. The molecule has 0 saturated heterocycles. The zero-order chi connectivity index (χ0) is 46.8. The number of hydrogen-bond acceptors (Lipinski definition) is 11. The first-order chi connectivity index (χ1) is 33.7. The topological polar surface area (TPSA) is 234 Å². The minimum absolute atomic E-state index is 0.0803. The van der Waals surface area contributed by atoms with Gasteiger partial charge in [0, 0.05) is 104 Å². The van der Waals surface area contributed by atoms with E-state index in [0.29, 0.717) is 58.8 Å². The normalized spacial score (nSPS) is 13.4. The van der Waals surface area contributed by atoms with Crippen LogP contribution in [-0.2, 0) is 11.2 Å². The maximum atomic E-state index is 12.9. The maximum absolute atomic E-state index is 12.9. The molecule has 0 bridgehead atoms. The van der Waals surface area contributed by atoms with Crippen molar-refractivity contribution in [3.8, 4) is 56.4 Å². The number of carbonyl (C=O) groups is 1. The Labute approximate surface area is 393 Å². The molecule has 1 aliphatic carbocycles. The van der Waals surface area contributed by atoms with Crippen LogP contribution in [0.15, 0.2) is 143 Å². The number of allylic oxidation sites excluding steroid dienone is 5. The molecule has 8 N–H and O–H groups in total. The number of aromatic nitrogens is 10. The molecule has 0 saturated carbocycles. The molecule has 10 aromatic rings. The van der Waals surface area contributed by atoms with E-state index in [1.807, 2.05) is 74.8 Å². The molecule has 12 rings (SSSR count). The molecule has 0 radical (unpaired) electrons. The number of rotatable bonds is 10. The number of pyridine rings is 2. The van der Waals surface area contributed by atoms with Crippen LogP contribution in [0.5, 0.6) is 0 Å². The zero-order valence-corrected chi connectivity index (χ0v) is 37.6. The highest BCUT2D eigenvalue weighted by molar-refractivity contribution is 6.06. The van der Waals surface area contributed by atoms with Crippen molar-refractivity contribution >= 4 is 50.4 Å². The highest BCUT2D eigenvalue weighted by atomic mass is 16.3. The summed E-state index contributed by atoms with van der Waals surface area (Å²) < 4.78 is 11.6. The Balaban J connectivity index is 0.987. The van der Waals surface area contributed by atoms with Crippen molar-refractivity contribution in [1.29, 1.82) is 0 Å². The predicted octanol–water partition coefficient (Wildman–Crippen LogP) is 10.7. The number of carbonyl (C=O) groups excluding carboxylic acids is 1. The number of H-pyrrole nitrogens is 4. The van der Waals surface area contributed by atoms with Gasteiger partial charge in [0.25, 0.3) is 0 Å². The smallest absolute Gasteiger partial charge is 0.224 e. The van der Waals surface area contributed by atoms with Crippen molar-refractivity contribution in [2.75, 3.05) is 10.6 Å².